The van der Waals surface area contributed by atoms with E-state index in [1.54, 1.807) is 24.9 Å². The highest BCUT2D eigenvalue weighted by atomic mass is 32.1. The van der Waals surface area contributed by atoms with Gasteiger partial charge in [0.25, 0.3) is 5.91 Å². The molecule has 2 aromatic heterocycles. The predicted octanol–water partition coefficient (Wildman–Crippen LogP) is 2.55. The number of H-pyrrole nitrogens is 1. The Kier molecular flexibility index (Phi) is 4.53. The first-order valence-electron chi connectivity index (χ1n) is 6.87. The van der Waals surface area contributed by atoms with E-state index in [2.05, 4.69) is 25.6 Å². The smallest absolute Gasteiger partial charge is 0.271 e. The third-order valence-electron chi connectivity index (χ3n) is 3.05. The summed E-state index contributed by atoms with van der Waals surface area (Å²) in [6.07, 6.45) is 3.35. The van der Waals surface area contributed by atoms with Gasteiger partial charge in [0.2, 0.25) is 0 Å². The minimum absolute atomic E-state index is 0.236. The average Bonchev–Trinajstić information content (AvgIpc) is 3.25. The number of aromatic nitrogens is 3. The molecule has 3 aromatic rings. The summed E-state index contributed by atoms with van der Waals surface area (Å²) in [7, 11) is 1.62. The van der Waals surface area contributed by atoms with Gasteiger partial charge >= 0.3 is 0 Å². The van der Waals surface area contributed by atoms with Crippen LogP contribution in [-0.4, -0.2) is 28.0 Å². The van der Waals surface area contributed by atoms with Crippen LogP contribution in [0.2, 0.25) is 0 Å². The van der Waals surface area contributed by atoms with Gasteiger partial charge in [-0.05, 0) is 24.3 Å². The van der Waals surface area contributed by atoms with Crippen molar-refractivity contribution in [2.75, 3.05) is 12.4 Å². The fourth-order valence-electron chi connectivity index (χ4n) is 1.88. The number of imidazole rings is 1. The van der Waals surface area contributed by atoms with Crippen LogP contribution in [0.4, 0.5) is 10.8 Å². The van der Waals surface area contributed by atoms with Crippen LogP contribution in [0.15, 0.2) is 42.0 Å². The maximum Gasteiger partial charge on any atom is 0.271 e. The van der Waals surface area contributed by atoms with Gasteiger partial charge in [-0.1, -0.05) is 0 Å². The molecule has 0 bridgehead atoms. The maximum absolute atomic E-state index is 12.0. The number of hydrogen-bond acceptors (Lipinski definition) is 6. The Bertz CT molecular complexity index is 768. The van der Waals surface area contributed by atoms with Crippen LogP contribution in [0.25, 0.3) is 0 Å². The fourth-order valence-corrected chi connectivity index (χ4v) is 2.59. The molecule has 1 amide bonds. The van der Waals surface area contributed by atoms with Crippen LogP contribution in [0, 0.1) is 0 Å². The lowest BCUT2D eigenvalue weighted by Gasteiger charge is -2.04. The molecule has 0 aliphatic rings. The normalized spacial score (nSPS) is 10.3. The number of aromatic amines is 1. The lowest BCUT2D eigenvalue weighted by atomic mass is 10.3. The van der Waals surface area contributed by atoms with E-state index in [1.807, 2.05) is 24.3 Å². The van der Waals surface area contributed by atoms with Gasteiger partial charge in [0.15, 0.2) is 5.13 Å². The minimum Gasteiger partial charge on any atom is -0.497 e. The third-order valence-corrected chi connectivity index (χ3v) is 3.81. The highest BCUT2D eigenvalue weighted by Gasteiger charge is 2.11. The molecule has 3 rings (SSSR count). The van der Waals surface area contributed by atoms with Crippen molar-refractivity contribution in [2.45, 2.75) is 6.54 Å². The Morgan fingerprint density at radius 3 is 2.87 bits per heavy atom. The lowest BCUT2D eigenvalue weighted by Crippen LogP contribution is -2.23. The molecule has 0 saturated carbocycles. The van der Waals surface area contributed by atoms with E-state index in [0.717, 1.165) is 11.4 Å². The number of rotatable bonds is 6. The molecule has 0 aliphatic heterocycles. The molecule has 23 heavy (non-hydrogen) atoms. The van der Waals surface area contributed by atoms with Crippen LogP contribution in [-0.2, 0) is 6.54 Å². The Morgan fingerprint density at radius 2 is 2.17 bits per heavy atom. The quantitative estimate of drug-likeness (QED) is 0.646. The monoisotopic (exact) mass is 329 g/mol. The zero-order chi connectivity index (χ0) is 16.1. The second-order valence-corrected chi connectivity index (χ2v) is 5.47. The van der Waals surface area contributed by atoms with Crippen LogP contribution in [0.3, 0.4) is 0 Å². The molecule has 2 heterocycles. The highest BCUT2D eigenvalue weighted by Crippen LogP contribution is 2.22. The van der Waals surface area contributed by atoms with Gasteiger partial charge in [-0.2, -0.15) is 0 Å². The summed E-state index contributed by atoms with van der Waals surface area (Å²) in [4.78, 5) is 23.3. The van der Waals surface area contributed by atoms with Gasteiger partial charge in [-0.15, -0.1) is 11.3 Å². The summed E-state index contributed by atoms with van der Waals surface area (Å²) >= 11 is 1.37. The predicted molar refractivity (Wildman–Crippen MR) is 88.1 cm³/mol. The molecule has 0 saturated heterocycles. The van der Waals surface area contributed by atoms with E-state index in [4.69, 9.17) is 4.74 Å². The van der Waals surface area contributed by atoms with E-state index in [1.165, 1.54) is 11.3 Å². The molecule has 118 valence electrons. The van der Waals surface area contributed by atoms with E-state index >= 15 is 0 Å². The number of ether oxygens (including phenoxy) is 1. The summed E-state index contributed by atoms with van der Waals surface area (Å²) in [5.41, 5.74) is 1.25. The fraction of sp³-hybridized carbons (Fsp3) is 0.133. The third kappa shape index (κ3) is 3.86. The van der Waals surface area contributed by atoms with Crippen LogP contribution >= 0.6 is 11.3 Å². The van der Waals surface area contributed by atoms with Crippen molar-refractivity contribution >= 4 is 28.1 Å². The first-order valence-corrected chi connectivity index (χ1v) is 7.75. The standard InChI is InChI=1S/C15H15N5O2S/c1-22-11-4-2-10(3-5-11)19-15-20-12(9-23-15)14(21)18-8-13-16-6-7-17-13/h2-7,9H,8H2,1H3,(H,16,17)(H,18,21)(H,19,20). The van der Waals surface area contributed by atoms with E-state index in [-0.39, 0.29) is 5.91 Å². The largest absolute Gasteiger partial charge is 0.497 e. The highest BCUT2D eigenvalue weighted by molar-refractivity contribution is 7.14. The molecule has 0 atom stereocenters. The summed E-state index contributed by atoms with van der Waals surface area (Å²) in [5.74, 6) is 1.25. The molecule has 0 unspecified atom stereocenters. The molecule has 0 aliphatic carbocycles. The van der Waals surface area contributed by atoms with Crippen molar-refractivity contribution in [3.63, 3.8) is 0 Å². The SMILES string of the molecule is COc1ccc(Nc2nc(C(=O)NCc3ncc[nH]3)cs2)cc1. The van der Waals surface area contributed by atoms with Crippen molar-refractivity contribution in [1.82, 2.24) is 20.3 Å². The number of thiazole rings is 1. The van der Waals surface area contributed by atoms with Crippen LogP contribution in [0.5, 0.6) is 5.75 Å². The molecule has 1 aromatic carbocycles. The molecule has 7 nitrogen and oxygen atoms in total. The van der Waals surface area contributed by atoms with Gasteiger partial charge in [-0.25, -0.2) is 9.97 Å². The Labute approximate surface area is 136 Å². The molecular formula is C15H15N5O2S. The van der Waals surface area contributed by atoms with Gasteiger partial charge in [0.05, 0.1) is 13.7 Å². The summed E-state index contributed by atoms with van der Waals surface area (Å²) in [6, 6.07) is 7.48. The van der Waals surface area contributed by atoms with Crippen molar-refractivity contribution in [2.24, 2.45) is 0 Å². The van der Waals surface area contributed by atoms with E-state index in [9.17, 15) is 4.79 Å². The number of hydrogen-bond donors (Lipinski definition) is 3. The van der Waals surface area contributed by atoms with Crippen molar-refractivity contribution in [3.05, 3.63) is 53.6 Å². The summed E-state index contributed by atoms with van der Waals surface area (Å²) < 4.78 is 5.11. The Hall–Kier alpha value is -2.87. The first-order chi connectivity index (χ1) is 11.2. The van der Waals surface area contributed by atoms with E-state index in [0.29, 0.717) is 23.2 Å². The zero-order valence-corrected chi connectivity index (χ0v) is 13.2. The minimum atomic E-state index is -0.236. The van der Waals surface area contributed by atoms with E-state index < -0.39 is 0 Å². The molecule has 3 N–H and O–H groups in total. The number of nitrogens with one attached hydrogen (secondary N) is 3. The first kappa shape index (κ1) is 15.0. The maximum atomic E-state index is 12.0. The second kappa shape index (κ2) is 6.93. The number of nitrogens with zero attached hydrogens (tertiary/aromatic N) is 2. The van der Waals surface area contributed by atoms with Crippen molar-refractivity contribution < 1.29 is 9.53 Å². The number of carbonyl (C=O) groups is 1. The molecule has 8 heteroatoms. The molecular weight excluding hydrogens is 314 g/mol. The topological polar surface area (TPSA) is 91.9 Å². The van der Waals surface area contributed by atoms with Gasteiger partial charge in [0, 0.05) is 23.5 Å². The molecule has 0 spiro atoms. The summed E-state index contributed by atoms with van der Waals surface area (Å²) in [5, 5.41) is 8.28. The average molecular weight is 329 g/mol. The summed E-state index contributed by atoms with van der Waals surface area (Å²) in [6.45, 7) is 0.338. The van der Waals surface area contributed by atoms with Gasteiger partial charge in [0.1, 0.15) is 17.3 Å². The number of amides is 1. The second-order valence-electron chi connectivity index (χ2n) is 4.61. The van der Waals surface area contributed by atoms with Gasteiger partial charge in [-0.3, -0.25) is 4.79 Å². The number of benzene rings is 1. The van der Waals surface area contributed by atoms with Crippen LogP contribution < -0.4 is 15.4 Å². The Balaban J connectivity index is 1.59. The molecule has 0 radical (unpaired) electrons. The van der Waals surface area contributed by atoms with Crippen molar-refractivity contribution in [1.29, 1.82) is 0 Å². The Morgan fingerprint density at radius 1 is 1.35 bits per heavy atom. The number of anilines is 2. The molecule has 0 fully saturated rings. The lowest BCUT2D eigenvalue weighted by molar-refractivity contribution is 0.0946. The number of methoxy groups -OCH3 is 1. The van der Waals surface area contributed by atoms with Gasteiger partial charge < -0.3 is 20.4 Å². The zero-order valence-electron chi connectivity index (χ0n) is 12.4. The number of carbonyl (C=O) groups excluding carboxylic acids is 1. The van der Waals surface area contributed by atoms with Crippen LogP contribution in [0.1, 0.15) is 16.3 Å². The van der Waals surface area contributed by atoms with Crippen molar-refractivity contribution in [3.8, 4) is 5.75 Å².